The molecule has 192 valence electrons. The van der Waals surface area contributed by atoms with Gasteiger partial charge in [-0.05, 0) is 24.3 Å². The van der Waals surface area contributed by atoms with E-state index < -0.39 is 112 Å². The Labute approximate surface area is 184 Å². The van der Waals surface area contributed by atoms with E-state index in [1.807, 2.05) is 0 Å². The zero-order chi connectivity index (χ0) is 27.3. The van der Waals surface area contributed by atoms with Gasteiger partial charge in [0, 0.05) is 6.08 Å². The molecule has 0 aliphatic rings. The Kier molecular flexibility index (Phi) is 6.95. The molecule has 2 rings (SSSR count). The first-order valence-electron chi connectivity index (χ1n) is 8.46. The van der Waals surface area contributed by atoms with Crippen molar-refractivity contribution in [2.45, 2.75) is 24.7 Å². The van der Waals surface area contributed by atoms with E-state index in [1.54, 1.807) is 0 Å². The Bertz CT molecular complexity index is 1180. The normalized spacial score (nSPS) is 13.8. The van der Waals surface area contributed by atoms with E-state index in [2.05, 4.69) is 0 Å². The van der Waals surface area contributed by atoms with Crippen LogP contribution in [0, 0.1) is 11.6 Å². The van der Waals surface area contributed by atoms with Gasteiger partial charge in [0.25, 0.3) is 0 Å². The van der Waals surface area contributed by atoms with Crippen LogP contribution in [0.4, 0.5) is 61.5 Å². The quantitative estimate of drug-likeness (QED) is 0.190. The zero-order valence-electron chi connectivity index (χ0n) is 16.0. The Morgan fingerprint density at radius 3 is 1.29 bits per heavy atom. The van der Waals surface area contributed by atoms with Gasteiger partial charge in [0.2, 0.25) is 0 Å². The largest absolute Gasteiger partial charge is 0.507 e. The molecule has 2 aromatic rings. The monoisotopic (exact) mass is 532 g/mol. The highest BCUT2D eigenvalue weighted by Gasteiger charge is 2.42. The predicted molar refractivity (Wildman–Crippen MR) is 87.7 cm³/mol. The van der Waals surface area contributed by atoms with Crippen molar-refractivity contribution < 1.29 is 71.4 Å². The minimum atomic E-state index is -5.78. The number of carbonyl (C=O) groups is 1. The molecule has 0 heterocycles. The second-order valence-electron chi connectivity index (χ2n) is 6.66. The molecular weight excluding hydrogens is 526 g/mol. The predicted octanol–water partition coefficient (Wildman–Crippen LogP) is 7.82. The summed E-state index contributed by atoms with van der Waals surface area (Å²) in [6.45, 7) is 0. The van der Waals surface area contributed by atoms with Gasteiger partial charge in [0.15, 0.2) is 5.78 Å². The van der Waals surface area contributed by atoms with Crippen molar-refractivity contribution in [1.29, 1.82) is 0 Å². The van der Waals surface area contributed by atoms with Crippen molar-refractivity contribution in [2.75, 3.05) is 0 Å². The number of hydrogen-bond donors (Lipinski definition) is 1. The Hall–Kier alpha value is -3.33. The first-order chi connectivity index (χ1) is 15.5. The van der Waals surface area contributed by atoms with Gasteiger partial charge in [-0.2, -0.15) is 52.7 Å². The summed E-state index contributed by atoms with van der Waals surface area (Å²) in [5, 5.41) is 9.76. The average Bonchev–Trinajstić information content (AvgIpc) is 2.64. The second-order valence-corrected chi connectivity index (χ2v) is 6.66. The number of alkyl halides is 12. The summed E-state index contributed by atoms with van der Waals surface area (Å²) in [6.07, 6.45) is -23.2. The van der Waals surface area contributed by atoms with Crippen LogP contribution >= 0.6 is 0 Å². The van der Waals surface area contributed by atoms with Crippen LogP contribution in [0.15, 0.2) is 30.3 Å². The lowest BCUT2D eigenvalue weighted by Gasteiger charge is -2.16. The van der Waals surface area contributed by atoms with E-state index >= 15 is 0 Å². The highest BCUT2D eigenvalue weighted by atomic mass is 19.4. The van der Waals surface area contributed by atoms with E-state index in [1.165, 1.54) is 0 Å². The standard InChI is InChI=1S/C19H6F14O2/c20-14-8(1-6(16(22,23)24)3-10(14)18(28,29)30)12(34)5-13(35)9-2-7(17(25,26)27)4-11(15(9)21)19(31,32)33/h1-5,34H/b12-5-. The lowest BCUT2D eigenvalue weighted by Crippen LogP contribution is -2.17. The summed E-state index contributed by atoms with van der Waals surface area (Å²) in [5.74, 6) is -9.50. The van der Waals surface area contributed by atoms with Gasteiger partial charge >= 0.3 is 24.7 Å². The Morgan fingerprint density at radius 1 is 0.600 bits per heavy atom. The fourth-order valence-electron chi connectivity index (χ4n) is 2.63. The number of allylic oxidation sites excluding steroid dienone is 1. The molecule has 0 radical (unpaired) electrons. The van der Waals surface area contributed by atoms with Gasteiger partial charge in [0.05, 0.1) is 33.4 Å². The maximum absolute atomic E-state index is 14.2. The first kappa shape index (κ1) is 27.9. The third-order valence-corrected chi connectivity index (χ3v) is 4.22. The first-order valence-corrected chi connectivity index (χ1v) is 8.46. The van der Waals surface area contributed by atoms with Crippen molar-refractivity contribution in [3.63, 3.8) is 0 Å². The van der Waals surface area contributed by atoms with Crippen LogP contribution in [0.2, 0.25) is 0 Å². The molecule has 1 N–H and O–H groups in total. The smallest absolute Gasteiger partial charge is 0.419 e. The number of aliphatic hydroxyl groups is 1. The number of halogens is 14. The Balaban J connectivity index is 2.76. The van der Waals surface area contributed by atoms with Crippen LogP contribution in [-0.2, 0) is 24.7 Å². The van der Waals surface area contributed by atoms with Gasteiger partial charge in [-0.15, -0.1) is 0 Å². The number of carbonyl (C=O) groups excluding carboxylic acids is 1. The number of aliphatic hydroxyl groups excluding tert-OH is 1. The molecule has 2 nitrogen and oxygen atoms in total. The molecule has 0 spiro atoms. The molecule has 0 amide bonds. The molecule has 0 atom stereocenters. The van der Waals surface area contributed by atoms with E-state index in [9.17, 15) is 71.4 Å². The topological polar surface area (TPSA) is 37.3 Å². The maximum atomic E-state index is 14.2. The van der Waals surface area contributed by atoms with E-state index in [4.69, 9.17) is 0 Å². The molecule has 0 fully saturated rings. The fraction of sp³-hybridized carbons (Fsp3) is 0.211. The number of benzene rings is 2. The summed E-state index contributed by atoms with van der Waals surface area (Å²) < 4.78 is 183. The van der Waals surface area contributed by atoms with Crippen molar-refractivity contribution in [3.8, 4) is 0 Å². The highest BCUT2D eigenvalue weighted by Crippen LogP contribution is 2.41. The molecule has 35 heavy (non-hydrogen) atoms. The zero-order valence-corrected chi connectivity index (χ0v) is 16.0. The summed E-state index contributed by atoms with van der Waals surface area (Å²) >= 11 is 0. The minimum Gasteiger partial charge on any atom is -0.507 e. The molecule has 0 aliphatic heterocycles. The van der Waals surface area contributed by atoms with Gasteiger partial charge in [-0.25, -0.2) is 8.78 Å². The highest BCUT2D eigenvalue weighted by molar-refractivity contribution is 6.08. The SMILES string of the molecule is O=C(/C=C(\O)c1cc(C(F)(F)F)cc(C(F)(F)F)c1F)c1cc(C(F)(F)F)cc(C(F)(F)F)c1F. The molecule has 0 saturated heterocycles. The van der Waals surface area contributed by atoms with Crippen LogP contribution in [0.25, 0.3) is 5.76 Å². The van der Waals surface area contributed by atoms with E-state index in [0.29, 0.717) is 0 Å². The average molecular weight is 532 g/mol. The molecule has 0 saturated carbocycles. The minimum absolute atomic E-state index is 0.409. The van der Waals surface area contributed by atoms with E-state index in [0.717, 1.165) is 0 Å². The lowest BCUT2D eigenvalue weighted by molar-refractivity contribution is -0.146. The van der Waals surface area contributed by atoms with Crippen LogP contribution in [-0.4, -0.2) is 10.9 Å². The van der Waals surface area contributed by atoms with Crippen molar-refractivity contribution >= 4 is 11.5 Å². The summed E-state index contributed by atoms with van der Waals surface area (Å²) in [4.78, 5) is 12.1. The second kappa shape index (κ2) is 8.71. The van der Waals surface area contributed by atoms with Crippen LogP contribution in [0.3, 0.4) is 0 Å². The Morgan fingerprint density at radius 2 is 0.943 bits per heavy atom. The lowest BCUT2D eigenvalue weighted by atomic mass is 9.98. The number of ketones is 1. The van der Waals surface area contributed by atoms with Crippen LogP contribution in [0.1, 0.15) is 38.2 Å². The summed E-state index contributed by atoms with van der Waals surface area (Å²) in [6, 6.07) is -2.23. The van der Waals surface area contributed by atoms with Gasteiger partial charge in [0.1, 0.15) is 17.4 Å². The van der Waals surface area contributed by atoms with Crippen molar-refractivity contribution in [2.24, 2.45) is 0 Å². The van der Waals surface area contributed by atoms with Crippen molar-refractivity contribution in [3.05, 3.63) is 75.4 Å². The molecule has 0 bridgehead atoms. The van der Waals surface area contributed by atoms with Gasteiger partial charge in [-0.3, -0.25) is 4.79 Å². The fourth-order valence-corrected chi connectivity index (χ4v) is 2.63. The van der Waals surface area contributed by atoms with Gasteiger partial charge in [-0.1, -0.05) is 0 Å². The maximum Gasteiger partial charge on any atom is 0.419 e. The molecule has 16 heteroatoms. The molecule has 0 aliphatic carbocycles. The number of rotatable bonds is 3. The molecule has 0 unspecified atom stereocenters. The van der Waals surface area contributed by atoms with Crippen LogP contribution < -0.4 is 0 Å². The number of hydrogen-bond acceptors (Lipinski definition) is 2. The van der Waals surface area contributed by atoms with E-state index in [-0.39, 0.29) is 0 Å². The summed E-state index contributed by atoms with van der Waals surface area (Å²) in [5.41, 5.74) is -13.5. The van der Waals surface area contributed by atoms with Crippen molar-refractivity contribution in [1.82, 2.24) is 0 Å². The molecule has 0 aromatic heterocycles. The third kappa shape index (κ3) is 6.03. The third-order valence-electron chi connectivity index (χ3n) is 4.22. The molecular formula is C19H6F14O2. The van der Waals surface area contributed by atoms with Gasteiger partial charge < -0.3 is 5.11 Å². The molecule has 2 aromatic carbocycles. The van der Waals surface area contributed by atoms with Crippen LogP contribution in [0.5, 0.6) is 0 Å². The summed E-state index contributed by atoms with van der Waals surface area (Å²) in [7, 11) is 0.